The molecule has 0 aliphatic heterocycles. The number of nitrogens with one attached hydrogen (secondary N) is 3. The van der Waals surface area contributed by atoms with E-state index < -0.39 is 0 Å². The smallest absolute Gasteiger partial charge is 0.201 e. The third kappa shape index (κ3) is 5.17. The second kappa shape index (κ2) is 7.48. The third-order valence-corrected chi connectivity index (χ3v) is 2.54. The molecule has 0 atom stereocenters. The Morgan fingerprint density at radius 3 is 2.94 bits per heavy atom. The molecule has 0 radical (unpaired) electrons. The van der Waals surface area contributed by atoms with Crippen LogP contribution in [0.3, 0.4) is 0 Å². The van der Waals surface area contributed by atoms with Gasteiger partial charge in [-0.1, -0.05) is 11.8 Å². The van der Waals surface area contributed by atoms with Crippen molar-refractivity contribution in [3.05, 3.63) is 18.5 Å². The highest BCUT2D eigenvalue weighted by Crippen LogP contribution is 2.11. The van der Waals surface area contributed by atoms with E-state index in [1.807, 2.05) is 0 Å². The fourth-order valence-corrected chi connectivity index (χ4v) is 1.65. The second-order valence-electron chi connectivity index (χ2n) is 2.77. The van der Waals surface area contributed by atoms with Crippen LogP contribution in [-0.2, 0) is 0 Å². The Labute approximate surface area is 98.0 Å². The minimum atomic E-state index is 0.0310. The normalized spacial score (nSPS) is 9.19. The zero-order valence-electron chi connectivity index (χ0n) is 8.60. The maximum atomic E-state index is 8.23. The topological polar surface area (TPSA) is 97.5 Å². The predicted molar refractivity (Wildman–Crippen MR) is 61.9 cm³/mol. The molecule has 16 heavy (non-hydrogen) atoms. The number of aromatic nitrogens is 2. The van der Waals surface area contributed by atoms with Crippen molar-refractivity contribution in [2.75, 3.05) is 12.3 Å². The molecule has 0 aliphatic rings. The van der Waals surface area contributed by atoms with Gasteiger partial charge in [0.05, 0.1) is 0 Å². The molecule has 0 unspecified atom stereocenters. The summed E-state index contributed by atoms with van der Waals surface area (Å²) in [5.41, 5.74) is 0. The van der Waals surface area contributed by atoms with Gasteiger partial charge < -0.3 is 5.32 Å². The summed E-state index contributed by atoms with van der Waals surface area (Å²) in [5, 5.41) is 21.2. The Morgan fingerprint density at radius 2 is 2.25 bits per heavy atom. The largest absolute Gasteiger partial charge is 0.356 e. The molecular formula is C9H12N6S. The second-order valence-corrected chi connectivity index (χ2v) is 3.83. The van der Waals surface area contributed by atoms with Crippen molar-refractivity contribution in [3.8, 4) is 6.19 Å². The summed E-state index contributed by atoms with van der Waals surface area (Å²) >= 11 is 1.57. The minimum absolute atomic E-state index is 0.0310. The molecule has 0 spiro atoms. The van der Waals surface area contributed by atoms with Crippen molar-refractivity contribution in [2.24, 2.45) is 0 Å². The average molecular weight is 236 g/mol. The van der Waals surface area contributed by atoms with Gasteiger partial charge >= 0.3 is 0 Å². The van der Waals surface area contributed by atoms with Crippen molar-refractivity contribution in [1.82, 2.24) is 20.6 Å². The summed E-state index contributed by atoms with van der Waals surface area (Å²) in [7, 11) is 0. The van der Waals surface area contributed by atoms with Gasteiger partial charge in [0.15, 0.2) is 11.3 Å². The van der Waals surface area contributed by atoms with Crippen molar-refractivity contribution in [1.29, 1.82) is 10.7 Å². The molecule has 0 amide bonds. The summed E-state index contributed by atoms with van der Waals surface area (Å²) in [4.78, 5) is 8.15. The van der Waals surface area contributed by atoms with E-state index in [1.54, 1.807) is 36.4 Å². The molecule has 0 aromatic carbocycles. The van der Waals surface area contributed by atoms with Gasteiger partial charge in [-0.25, -0.2) is 9.97 Å². The van der Waals surface area contributed by atoms with E-state index in [4.69, 9.17) is 10.7 Å². The van der Waals surface area contributed by atoms with E-state index in [0.717, 1.165) is 17.3 Å². The number of nitriles is 1. The molecule has 1 aromatic heterocycles. The molecule has 7 heteroatoms. The lowest BCUT2D eigenvalue weighted by Crippen LogP contribution is -2.33. The lowest BCUT2D eigenvalue weighted by Gasteiger charge is -2.04. The summed E-state index contributed by atoms with van der Waals surface area (Å²) < 4.78 is 0. The van der Waals surface area contributed by atoms with E-state index in [-0.39, 0.29) is 5.96 Å². The first-order valence-electron chi connectivity index (χ1n) is 4.70. The SMILES string of the molecule is N#CNC(=N)NCCCSc1ncccn1. The van der Waals surface area contributed by atoms with Crippen LogP contribution >= 0.6 is 11.8 Å². The van der Waals surface area contributed by atoms with Crippen molar-refractivity contribution >= 4 is 17.7 Å². The van der Waals surface area contributed by atoms with Crippen LogP contribution in [0.25, 0.3) is 0 Å². The monoisotopic (exact) mass is 236 g/mol. The lowest BCUT2D eigenvalue weighted by molar-refractivity contribution is 0.822. The van der Waals surface area contributed by atoms with Gasteiger partial charge in [-0.3, -0.25) is 10.7 Å². The average Bonchev–Trinajstić information content (AvgIpc) is 2.30. The number of thioether (sulfide) groups is 1. The van der Waals surface area contributed by atoms with Crippen LogP contribution in [0.4, 0.5) is 0 Å². The Bertz CT molecular complexity index is 360. The Kier molecular flexibility index (Phi) is 5.73. The molecule has 1 heterocycles. The summed E-state index contributed by atoms with van der Waals surface area (Å²) in [6.45, 7) is 0.646. The molecule has 0 fully saturated rings. The molecule has 1 aromatic rings. The Balaban J connectivity index is 2.05. The van der Waals surface area contributed by atoms with Crippen LogP contribution in [0, 0.1) is 16.9 Å². The van der Waals surface area contributed by atoms with Crippen LogP contribution in [0.2, 0.25) is 0 Å². The Hall–Kier alpha value is -1.81. The zero-order valence-corrected chi connectivity index (χ0v) is 9.42. The van der Waals surface area contributed by atoms with Crippen LogP contribution in [0.5, 0.6) is 0 Å². The fraction of sp³-hybridized carbons (Fsp3) is 0.333. The van der Waals surface area contributed by atoms with Crippen LogP contribution in [-0.4, -0.2) is 28.2 Å². The number of rotatable bonds is 5. The highest BCUT2D eigenvalue weighted by atomic mass is 32.2. The highest BCUT2D eigenvalue weighted by molar-refractivity contribution is 7.99. The van der Waals surface area contributed by atoms with Crippen molar-refractivity contribution in [2.45, 2.75) is 11.6 Å². The standard InChI is InChI=1S/C9H12N6S/c10-7-15-8(11)12-5-2-6-16-9-13-3-1-4-14-9/h1,3-4H,2,5-6H2,(H3,11,12,15). The first-order valence-corrected chi connectivity index (χ1v) is 5.69. The van der Waals surface area contributed by atoms with E-state index >= 15 is 0 Å². The Morgan fingerprint density at radius 1 is 1.50 bits per heavy atom. The van der Waals surface area contributed by atoms with Crippen LogP contribution in [0.15, 0.2) is 23.6 Å². The highest BCUT2D eigenvalue weighted by Gasteiger charge is 1.96. The van der Waals surface area contributed by atoms with Gasteiger partial charge in [0.1, 0.15) is 0 Å². The lowest BCUT2D eigenvalue weighted by atomic mass is 10.5. The summed E-state index contributed by atoms with van der Waals surface area (Å²) in [6, 6.07) is 1.78. The maximum Gasteiger partial charge on any atom is 0.201 e. The quantitative estimate of drug-likeness (QED) is 0.131. The maximum absolute atomic E-state index is 8.23. The van der Waals surface area contributed by atoms with Crippen molar-refractivity contribution < 1.29 is 0 Å². The zero-order chi connectivity index (χ0) is 11.6. The van der Waals surface area contributed by atoms with E-state index in [2.05, 4.69) is 20.6 Å². The van der Waals surface area contributed by atoms with Crippen LogP contribution in [0.1, 0.15) is 6.42 Å². The molecule has 1 rings (SSSR count). The van der Waals surface area contributed by atoms with Gasteiger partial charge in [0, 0.05) is 24.7 Å². The number of hydrogen-bond acceptors (Lipinski definition) is 5. The van der Waals surface area contributed by atoms with Gasteiger partial charge in [0.2, 0.25) is 5.96 Å². The van der Waals surface area contributed by atoms with Gasteiger partial charge in [0.25, 0.3) is 0 Å². The predicted octanol–water partition coefficient (Wildman–Crippen LogP) is 0.554. The fourth-order valence-electron chi connectivity index (χ4n) is 0.909. The molecule has 0 saturated heterocycles. The first kappa shape index (κ1) is 12.3. The molecule has 0 aliphatic carbocycles. The molecular weight excluding hydrogens is 224 g/mol. The summed E-state index contributed by atoms with van der Waals surface area (Å²) in [6.07, 6.45) is 5.96. The molecule has 0 saturated carbocycles. The van der Waals surface area contributed by atoms with E-state index in [9.17, 15) is 0 Å². The molecule has 6 nitrogen and oxygen atoms in total. The number of nitrogens with zero attached hydrogens (tertiary/aromatic N) is 3. The van der Waals surface area contributed by atoms with E-state index in [1.165, 1.54) is 0 Å². The number of hydrogen-bond donors (Lipinski definition) is 3. The molecule has 0 bridgehead atoms. The van der Waals surface area contributed by atoms with Crippen LogP contribution < -0.4 is 10.6 Å². The summed E-state index contributed by atoms with van der Waals surface area (Å²) in [5.74, 6) is 0.903. The molecule has 3 N–H and O–H groups in total. The number of guanidine groups is 1. The third-order valence-electron chi connectivity index (χ3n) is 1.58. The van der Waals surface area contributed by atoms with Gasteiger partial charge in [-0.2, -0.15) is 5.26 Å². The van der Waals surface area contributed by atoms with E-state index in [0.29, 0.717) is 6.54 Å². The molecule has 84 valence electrons. The van der Waals surface area contributed by atoms with Crippen molar-refractivity contribution in [3.63, 3.8) is 0 Å². The minimum Gasteiger partial charge on any atom is -0.356 e. The first-order chi connectivity index (χ1) is 7.83. The van der Waals surface area contributed by atoms with Gasteiger partial charge in [-0.15, -0.1) is 0 Å². The van der Waals surface area contributed by atoms with Gasteiger partial charge in [-0.05, 0) is 12.5 Å².